The molecule has 0 saturated heterocycles. The summed E-state index contributed by atoms with van der Waals surface area (Å²) in [5, 5.41) is 0. The lowest BCUT2D eigenvalue weighted by molar-refractivity contribution is -0.122. The maximum atomic E-state index is 13.5. The molecule has 10 heteroatoms. The van der Waals surface area contributed by atoms with Crippen LogP contribution in [-0.4, -0.2) is 46.3 Å². The SMILES string of the molecule is CNS(=O)(=O)c1cc(C(=O)N(C)C(C(N)=O)c2cccc(F)c2)ccc1OC. The summed E-state index contributed by atoms with van der Waals surface area (Å²) in [6.45, 7) is 0. The first-order chi connectivity index (χ1) is 13.1. The molecule has 1 unspecified atom stereocenters. The van der Waals surface area contributed by atoms with E-state index in [0.717, 1.165) is 17.0 Å². The second kappa shape index (κ2) is 8.36. The van der Waals surface area contributed by atoms with Crippen molar-refractivity contribution in [1.29, 1.82) is 0 Å². The van der Waals surface area contributed by atoms with Gasteiger partial charge in [-0.1, -0.05) is 12.1 Å². The molecule has 0 bridgehead atoms. The van der Waals surface area contributed by atoms with Crippen LogP contribution in [0, 0.1) is 5.82 Å². The Morgan fingerprint density at radius 2 is 1.89 bits per heavy atom. The lowest BCUT2D eigenvalue weighted by Crippen LogP contribution is -2.39. The number of nitrogens with two attached hydrogens (primary N) is 1. The Bertz CT molecular complexity index is 1010. The lowest BCUT2D eigenvalue weighted by Gasteiger charge is -2.26. The van der Waals surface area contributed by atoms with Crippen molar-refractivity contribution < 1.29 is 27.1 Å². The molecule has 2 aromatic carbocycles. The number of ether oxygens (including phenoxy) is 1. The Morgan fingerprint density at radius 3 is 2.43 bits per heavy atom. The monoisotopic (exact) mass is 409 g/mol. The molecule has 2 amide bonds. The van der Waals surface area contributed by atoms with E-state index in [-0.39, 0.29) is 21.8 Å². The fourth-order valence-corrected chi connectivity index (χ4v) is 3.62. The topological polar surface area (TPSA) is 119 Å². The van der Waals surface area contributed by atoms with Gasteiger partial charge in [-0.3, -0.25) is 9.59 Å². The number of carbonyl (C=O) groups is 2. The highest BCUT2D eigenvalue weighted by atomic mass is 32.2. The van der Waals surface area contributed by atoms with E-state index in [9.17, 15) is 22.4 Å². The van der Waals surface area contributed by atoms with E-state index in [2.05, 4.69) is 4.72 Å². The van der Waals surface area contributed by atoms with E-state index in [1.807, 2.05) is 0 Å². The smallest absolute Gasteiger partial charge is 0.254 e. The summed E-state index contributed by atoms with van der Waals surface area (Å²) in [7, 11) is -0.0644. The second-order valence-electron chi connectivity index (χ2n) is 5.85. The predicted octanol–water partition coefficient (Wildman–Crippen LogP) is 1.04. The average molecular weight is 409 g/mol. The van der Waals surface area contributed by atoms with Crippen LogP contribution < -0.4 is 15.2 Å². The number of likely N-dealkylation sites (N-methyl/N-ethyl adjacent to an activating group) is 1. The molecule has 0 radical (unpaired) electrons. The molecule has 3 N–H and O–H groups in total. The van der Waals surface area contributed by atoms with Crippen LogP contribution in [-0.2, 0) is 14.8 Å². The molecule has 0 aliphatic heterocycles. The molecule has 2 rings (SSSR count). The zero-order valence-electron chi connectivity index (χ0n) is 15.5. The molecule has 0 spiro atoms. The summed E-state index contributed by atoms with van der Waals surface area (Å²) in [6, 6.07) is 7.73. The van der Waals surface area contributed by atoms with Gasteiger partial charge in [0.25, 0.3) is 5.91 Å². The van der Waals surface area contributed by atoms with Crippen molar-refractivity contribution >= 4 is 21.8 Å². The first-order valence-electron chi connectivity index (χ1n) is 8.06. The van der Waals surface area contributed by atoms with Gasteiger partial charge < -0.3 is 15.4 Å². The molecule has 0 aromatic heterocycles. The van der Waals surface area contributed by atoms with Crippen molar-refractivity contribution in [1.82, 2.24) is 9.62 Å². The number of benzene rings is 2. The molecule has 28 heavy (non-hydrogen) atoms. The van der Waals surface area contributed by atoms with Crippen LogP contribution in [0.4, 0.5) is 4.39 Å². The van der Waals surface area contributed by atoms with Gasteiger partial charge in [-0.25, -0.2) is 17.5 Å². The third kappa shape index (κ3) is 4.29. The van der Waals surface area contributed by atoms with Gasteiger partial charge in [0, 0.05) is 12.6 Å². The van der Waals surface area contributed by atoms with Crippen LogP contribution >= 0.6 is 0 Å². The Kier molecular flexibility index (Phi) is 6.37. The van der Waals surface area contributed by atoms with Crippen molar-refractivity contribution in [2.75, 3.05) is 21.2 Å². The Labute approximate surface area is 162 Å². The fourth-order valence-electron chi connectivity index (χ4n) is 2.71. The molecule has 1 atom stereocenters. The minimum absolute atomic E-state index is 0.0141. The molecule has 0 heterocycles. The summed E-state index contributed by atoms with van der Waals surface area (Å²) in [4.78, 5) is 25.6. The molecule has 2 aromatic rings. The first kappa shape index (κ1) is 21.3. The molecule has 0 aliphatic carbocycles. The highest BCUT2D eigenvalue weighted by molar-refractivity contribution is 7.89. The summed E-state index contributed by atoms with van der Waals surface area (Å²) in [5.41, 5.74) is 5.60. The molecule has 8 nitrogen and oxygen atoms in total. The third-order valence-corrected chi connectivity index (χ3v) is 5.55. The van der Waals surface area contributed by atoms with E-state index in [4.69, 9.17) is 10.5 Å². The van der Waals surface area contributed by atoms with E-state index in [0.29, 0.717) is 0 Å². The molecule has 150 valence electrons. The standard InChI is InChI=1S/C18H20FN3O5S/c1-21-28(25,26)15-10-12(7-8-14(15)27-3)18(24)22(2)16(17(20)23)11-5-4-6-13(19)9-11/h4-10,16,21H,1-3H3,(H2,20,23). The van der Waals surface area contributed by atoms with Crippen molar-refractivity contribution in [3.63, 3.8) is 0 Å². The van der Waals surface area contributed by atoms with Gasteiger partial charge in [0.2, 0.25) is 15.9 Å². The number of nitrogens with zero attached hydrogens (tertiary/aromatic N) is 1. The van der Waals surface area contributed by atoms with Gasteiger partial charge in [0.1, 0.15) is 22.5 Å². The molecular weight excluding hydrogens is 389 g/mol. The summed E-state index contributed by atoms with van der Waals surface area (Å²) >= 11 is 0. The van der Waals surface area contributed by atoms with Crippen LogP contribution in [0.15, 0.2) is 47.4 Å². The quantitative estimate of drug-likeness (QED) is 0.708. The molecular formula is C18H20FN3O5S. The van der Waals surface area contributed by atoms with Gasteiger partial charge in [-0.05, 0) is 42.9 Å². The Balaban J connectivity index is 2.49. The van der Waals surface area contributed by atoms with Crippen LogP contribution in [0.25, 0.3) is 0 Å². The van der Waals surface area contributed by atoms with Gasteiger partial charge >= 0.3 is 0 Å². The lowest BCUT2D eigenvalue weighted by atomic mass is 10.0. The van der Waals surface area contributed by atoms with Gasteiger partial charge in [0.15, 0.2) is 0 Å². The minimum Gasteiger partial charge on any atom is -0.495 e. The van der Waals surface area contributed by atoms with Crippen molar-refractivity contribution in [2.45, 2.75) is 10.9 Å². The highest BCUT2D eigenvalue weighted by Crippen LogP contribution is 2.27. The van der Waals surface area contributed by atoms with E-state index >= 15 is 0 Å². The maximum absolute atomic E-state index is 13.5. The summed E-state index contributed by atoms with van der Waals surface area (Å²) < 4.78 is 45.1. The second-order valence-corrected chi connectivity index (χ2v) is 7.70. The number of hydrogen-bond acceptors (Lipinski definition) is 5. The van der Waals surface area contributed by atoms with Gasteiger partial charge in [-0.2, -0.15) is 0 Å². The highest BCUT2D eigenvalue weighted by Gasteiger charge is 2.29. The van der Waals surface area contributed by atoms with E-state index in [1.54, 1.807) is 0 Å². The van der Waals surface area contributed by atoms with Crippen LogP contribution in [0.1, 0.15) is 22.0 Å². The fraction of sp³-hybridized carbons (Fsp3) is 0.222. The number of sulfonamides is 1. The largest absolute Gasteiger partial charge is 0.495 e. The van der Waals surface area contributed by atoms with E-state index < -0.39 is 33.7 Å². The molecule has 0 saturated carbocycles. The molecule has 0 aliphatic rings. The normalized spacial score (nSPS) is 12.3. The predicted molar refractivity (Wildman–Crippen MR) is 99.7 cm³/mol. The Morgan fingerprint density at radius 1 is 1.21 bits per heavy atom. The van der Waals surface area contributed by atoms with Crippen molar-refractivity contribution in [3.05, 3.63) is 59.4 Å². The van der Waals surface area contributed by atoms with Crippen LogP contribution in [0.2, 0.25) is 0 Å². The third-order valence-electron chi connectivity index (χ3n) is 4.11. The van der Waals surface area contributed by atoms with Gasteiger partial charge in [0.05, 0.1) is 7.11 Å². The summed E-state index contributed by atoms with van der Waals surface area (Å²) in [6.07, 6.45) is 0. The van der Waals surface area contributed by atoms with Crippen LogP contribution in [0.5, 0.6) is 5.75 Å². The van der Waals surface area contributed by atoms with Crippen LogP contribution in [0.3, 0.4) is 0 Å². The summed E-state index contributed by atoms with van der Waals surface area (Å²) in [5.74, 6) is -2.08. The Hall–Kier alpha value is -2.98. The number of carbonyl (C=O) groups excluding carboxylic acids is 2. The number of hydrogen-bond donors (Lipinski definition) is 2. The van der Waals surface area contributed by atoms with E-state index in [1.165, 1.54) is 51.5 Å². The van der Waals surface area contributed by atoms with Crippen molar-refractivity contribution in [3.8, 4) is 5.75 Å². The number of primary amides is 1. The first-order valence-corrected chi connectivity index (χ1v) is 9.54. The number of halogens is 1. The minimum atomic E-state index is -3.90. The number of rotatable bonds is 7. The zero-order valence-corrected chi connectivity index (χ0v) is 16.3. The van der Waals surface area contributed by atoms with Crippen molar-refractivity contribution in [2.24, 2.45) is 5.73 Å². The zero-order chi connectivity index (χ0) is 21.1. The average Bonchev–Trinajstić information content (AvgIpc) is 2.66. The number of amides is 2. The maximum Gasteiger partial charge on any atom is 0.254 e. The number of methoxy groups -OCH3 is 1. The molecule has 0 fully saturated rings. The number of nitrogens with one attached hydrogen (secondary N) is 1. The van der Waals surface area contributed by atoms with Gasteiger partial charge in [-0.15, -0.1) is 0 Å².